The van der Waals surface area contributed by atoms with Crippen LogP contribution in [0.15, 0.2) is 47.7 Å². The van der Waals surface area contributed by atoms with Gasteiger partial charge in [0.15, 0.2) is 0 Å². The Morgan fingerprint density at radius 3 is 2.90 bits per heavy atom. The summed E-state index contributed by atoms with van der Waals surface area (Å²) in [5.74, 6) is 1.86. The highest BCUT2D eigenvalue weighted by Crippen LogP contribution is 2.43. The zero-order valence-electron chi connectivity index (χ0n) is 11.7. The molecule has 1 aliphatic heterocycles. The number of nitrogens with two attached hydrogens (primary N) is 1. The van der Waals surface area contributed by atoms with E-state index in [2.05, 4.69) is 47.2 Å². The van der Waals surface area contributed by atoms with Gasteiger partial charge in [-0.2, -0.15) is 0 Å². The van der Waals surface area contributed by atoms with Crippen LogP contribution in [0.1, 0.15) is 33.9 Å². The number of anilines is 1. The molecule has 0 fully saturated rings. The molecule has 0 saturated carbocycles. The molecule has 0 bridgehead atoms. The zero-order valence-corrected chi connectivity index (χ0v) is 12.5. The largest absolute Gasteiger partial charge is 0.383 e. The van der Waals surface area contributed by atoms with Gasteiger partial charge in [-0.05, 0) is 36.3 Å². The summed E-state index contributed by atoms with van der Waals surface area (Å²) in [6.45, 7) is 3.86. The number of thiophene rings is 1. The van der Waals surface area contributed by atoms with E-state index in [0.29, 0.717) is 17.6 Å². The minimum absolute atomic E-state index is 0.611. The normalized spacial score (nSPS) is 20.3. The predicted octanol–water partition coefficient (Wildman–Crippen LogP) is 3.62. The molecule has 21 heavy (non-hydrogen) atoms. The van der Waals surface area contributed by atoms with E-state index >= 15 is 0 Å². The molecule has 1 aromatic heterocycles. The highest BCUT2D eigenvalue weighted by Gasteiger charge is 2.29. The van der Waals surface area contributed by atoms with Crippen LogP contribution in [0.25, 0.3) is 0 Å². The van der Waals surface area contributed by atoms with Gasteiger partial charge < -0.3 is 11.1 Å². The van der Waals surface area contributed by atoms with Gasteiger partial charge in [0.2, 0.25) is 0 Å². The number of benzene rings is 1. The quantitative estimate of drug-likeness (QED) is 0.844. The summed E-state index contributed by atoms with van der Waals surface area (Å²) in [4.78, 5) is 5.72. The van der Waals surface area contributed by atoms with Crippen molar-refractivity contribution in [2.24, 2.45) is 10.7 Å². The molecular formula is C17H17N3S. The van der Waals surface area contributed by atoms with Gasteiger partial charge in [0.05, 0.1) is 5.56 Å². The monoisotopic (exact) mass is 295 g/mol. The number of hydrogen-bond donors (Lipinski definition) is 2. The van der Waals surface area contributed by atoms with Crippen LogP contribution < -0.4 is 11.1 Å². The zero-order chi connectivity index (χ0) is 14.4. The average molecular weight is 295 g/mol. The van der Waals surface area contributed by atoms with Crippen LogP contribution in [-0.4, -0.2) is 5.84 Å². The fraction of sp³-hybridized carbons (Fsp3) is 0.235. The first kappa shape index (κ1) is 12.7. The van der Waals surface area contributed by atoms with Crippen molar-refractivity contribution >= 4 is 22.2 Å². The molecule has 2 heterocycles. The van der Waals surface area contributed by atoms with E-state index in [1.54, 1.807) is 0 Å². The molecule has 2 aliphatic rings. The second-order valence-electron chi connectivity index (χ2n) is 5.63. The van der Waals surface area contributed by atoms with Crippen LogP contribution in [0.5, 0.6) is 0 Å². The van der Waals surface area contributed by atoms with Crippen molar-refractivity contribution < 1.29 is 0 Å². The van der Waals surface area contributed by atoms with Crippen LogP contribution in [0.3, 0.4) is 0 Å². The first-order chi connectivity index (χ1) is 10.2. The molecule has 4 rings (SSSR count). The maximum Gasteiger partial charge on any atom is 0.136 e. The molecule has 0 amide bonds. The van der Waals surface area contributed by atoms with Crippen molar-refractivity contribution in [3.05, 3.63) is 64.3 Å². The van der Waals surface area contributed by atoms with Gasteiger partial charge in [0.1, 0.15) is 16.7 Å². The lowest BCUT2D eigenvalue weighted by Gasteiger charge is -2.23. The van der Waals surface area contributed by atoms with Crippen molar-refractivity contribution in [1.29, 1.82) is 0 Å². The molecule has 1 atom stereocenters. The highest BCUT2D eigenvalue weighted by molar-refractivity contribution is 7.16. The Balaban J connectivity index is 1.71. The number of aliphatic imine (C=N–C) groups is 1. The van der Waals surface area contributed by atoms with Gasteiger partial charge in [-0.15, -0.1) is 11.3 Å². The molecule has 0 saturated heterocycles. The van der Waals surface area contributed by atoms with E-state index in [9.17, 15) is 0 Å². The Labute approximate surface area is 128 Å². The van der Waals surface area contributed by atoms with E-state index in [1.807, 2.05) is 11.3 Å². The van der Waals surface area contributed by atoms with Crippen molar-refractivity contribution in [2.45, 2.75) is 25.2 Å². The predicted molar refractivity (Wildman–Crippen MR) is 89.0 cm³/mol. The van der Waals surface area contributed by atoms with Crippen LogP contribution in [0, 0.1) is 0 Å². The first-order valence-electron chi connectivity index (χ1n) is 7.22. The fourth-order valence-electron chi connectivity index (χ4n) is 3.31. The first-order valence-corrected chi connectivity index (χ1v) is 8.04. The average Bonchev–Trinajstić information content (AvgIpc) is 2.85. The molecule has 1 unspecified atom stereocenters. The third-order valence-electron chi connectivity index (χ3n) is 4.31. The second-order valence-corrected chi connectivity index (χ2v) is 6.73. The number of fused-ring (bicyclic) bond motifs is 3. The van der Waals surface area contributed by atoms with E-state index < -0.39 is 0 Å². The van der Waals surface area contributed by atoms with Crippen LogP contribution in [-0.2, 0) is 12.8 Å². The molecule has 0 radical (unpaired) electrons. The SMILES string of the molecule is C=C1N=C(N)c2c(sc3c2CCC(c2ccccc2)C3)N1. The van der Waals surface area contributed by atoms with Gasteiger partial charge in [0, 0.05) is 4.88 Å². The van der Waals surface area contributed by atoms with Crippen molar-refractivity contribution in [1.82, 2.24) is 0 Å². The Morgan fingerprint density at radius 1 is 1.29 bits per heavy atom. The minimum Gasteiger partial charge on any atom is -0.383 e. The Hall–Kier alpha value is -2.07. The molecular weight excluding hydrogens is 278 g/mol. The lowest BCUT2D eigenvalue weighted by atomic mass is 9.82. The van der Waals surface area contributed by atoms with Gasteiger partial charge in [-0.1, -0.05) is 36.9 Å². The summed E-state index contributed by atoms with van der Waals surface area (Å²) < 4.78 is 0. The molecule has 3 N–H and O–H groups in total. The molecule has 0 spiro atoms. The standard InChI is InChI=1S/C17H17N3S/c1-10-19-16(18)15-13-8-7-12(11-5-3-2-4-6-11)9-14(13)21-17(15)20-10/h2-6,12,20H,1,7-9H2,(H2,18,19). The number of hydrogen-bond acceptors (Lipinski definition) is 4. The lowest BCUT2D eigenvalue weighted by Crippen LogP contribution is -2.22. The lowest BCUT2D eigenvalue weighted by molar-refractivity contribution is 0.593. The summed E-state index contributed by atoms with van der Waals surface area (Å²) in [5, 5.41) is 4.38. The Kier molecular flexibility index (Phi) is 2.86. The third kappa shape index (κ3) is 2.07. The summed E-state index contributed by atoms with van der Waals surface area (Å²) in [5.41, 5.74) is 10.1. The molecule has 1 aliphatic carbocycles. The Bertz CT molecular complexity index is 743. The summed E-state index contributed by atoms with van der Waals surface area (Å²) in [7, 11) is 0. The Morgan fingerprint density at radius 2 is 2.10 bits per heavy atom. The third-order valence-corrected chi connectivity index (χ3v) is 5.48. The number of rotatable bonds is 1. The van der Waals surface area contributed by atoms with Crippen LogP contribution >= 0.6 is 11.3 Å². The fourth-order valence-corrected chi connectivity index (χ4v) is 4.67. The summed E-state index contributed by atoms with van der Waals surface area (Å²) in [6.07, 6.45) is 3.35. The number of nitrogens with zero attached hydrogens (tertiary/aromatic N) is 1. The van der Waals surface area contributed by atoms with E-state index in [-0.39, 0.29) is 0 Å². The van der Waals surface area contributed by atoms with Crippen LogP contribution in [0.2, 0.25) is 0 Å². The smallest absolute Gasteiger partial charge is 0.136 e. The van der Waals surface area contributed by atoms with Crippen LogP contribution in [0.4, 0.5) is 5.00 Å². The molecule has 1 aromatic carbocycles. The van der Waals surface area contributed by atoms with Gasteiger partial charge in [-0.3, -0.25) is 0 Å². The summed E-state index contributed by atoms with van der Waals surface area (Å²) in [6, 6.07) is 10.8. The van der Waals surface area contributed by atoms with Crippen molar-refractivity contribution in [2.75, 3.05) is 5.32 Å². The number of amidine groups is 1. The van der Waals surface area contributed by atoms with Gasteiger partial charge >= 0.3 is 0 Å². The van der Waals surface area contributed by atoms with E-state index in [4.69, 9.17) is 5.73 Å². The molecule has 2 aromatic rings. The summed E-state index contributed by atoms with van der Waals surface area (Å²) >= 11 is 1.81. The molecule has 4 heteroatoms. The van der Waals surface area contributed by atoms with E-state index in [1.165, 1.54) is 22.4 Å². The highest BCUT2D eigenvalue weighted by atomic mass is 32.1. The second kappa shape index (κ2) is 4.74. The van der Waals surface area contributed by atoms with E-state index in [0.717, 1.165) is 23.4 Å². The minimum atomic E-state index is 0.611. The number of nitrogens with one attached hydrogen (secondary N) is 1. The van der Waals surface area contributed by atoms with Crippen molar-refractivity contribution in [3.63, 3.8) is 0 Å². The van der Waals surface area contributed by atoms with Gasteiger partial charge in [0.25, 0.3) is 0 Å². The maximum absolute atomic E-state index is 6.11. The topological polar surface area (TPSA) is 50.4 Å². The molecule has 3 nitrogen and oxygen atoms in total. The maximum atomic E-state index is 6.11. The van der Waals surface area contributed by atoms with Gasteiger partial charge in [-0.25, -0.2) is 4.99 Å². The van der Waals surface area contributed by atoms with Crippen molar-refractivity contribution in [3.8, 4) is 0 Å². The molecule has 106 valence electrons.